The van der Waals surface area contributed by atoms with E-state index >= 15 is 0 Å². The van der Waals surface area contributed by atoms with Gasteiger partial charge >= 0.3 is 5.97 Å². The van der Waals surface area contributed by atoms with E-state index in [4.69, 9.17) is 21.1 Å². The Morgan fingerprint density at radius 1 is 1.04 bits per heavy atom. The molecule has 0 atom stereocenters. The first-order valence-electron chi connectivity index (χ1n) is 7.52. The predicted octanol–water partition coefficient (Wildman–Crippen LogP) is 3.79. The van der Waals surface area contributed by atoms with Gasteiger partial charge in [0.05, 0.1) is 12.2 Å². The summed E-state index contributed by atoms with van der Waals surface area (Å²) in [5.74, 6) is -0.702. The van der Waals surface area contributed by atoms with E-state index in [0.717, 1.165) is 0 Å². The highest BCUT2D eigenvalue weighted by Gasteiger charge is 2.09. The second kappa shape index (κ2) is 9.05. The minimum absolute atomic E-state index is 0.208. The molecule has 5 nitrogen and oxygen atoms in total. The number of hydrogen-bond donors (Lipinski definition) is 1. The summed E-state index contributed by atoms with van der Waals surface area (Å²) in [6.07, 6.45) is 0. The fourth-order valence-corrected chi connectivity index (χ4v) is 2.13. The molecule has 126 valence electrons. The number of nitrogens with one attached hydrogen (secondary N) is 1. The van der Waals surface area contributed by atoms with Crippen molar-refractivity contribution in [3.05, 3.63) is 64.7 Å². The van der Waals surface area contributed by atoms with E-state index in [9.17, 15) is 9.59 Å². The lowest BCUT2D eigenvalue weighted by Crippen LogP contribution is -2.13. The Hall–Kier alpha value is -2.37. The number of amides is 1. The highest BCUT2D eigenvalue weighted by molar-refractivity contribution is 6.31. The highest BCUT2D eigenvalue weighted by Crippen LogP contribution is 2.15. The first kappa shape index (κ1) is 18.0. The molecule has 0 aromatic heterocycles. The topological polar surface area (TPSA) is 64.6 Å². The average Bonchev–Trinajstić information content (AvgIpc) is 2.59. The molecule has 0 aliphatic carbocycles. The molecule has 0 aliphatic heterocycles. The number of hydrogen-bond acceptors (Lipinski definition) is 4. The first-order valence-corrected chi connectivity index (χ1v) is 7.90. The van der Waals surface area contributed by atoms with Crippen LogP contribution in [0.4, 0.5) is 5.69 Å². The number of carbonyl (C=O) groups is 2. The van der Waals surface area contributed by atoms with E-state index in [0.29, 0.717) is 35.1 Å². The van der Waals surface area contributed by atoms with Crippen LogP contribution in [0, 0.1) is 0 Å². The third-order valence-corrected chi connectivity index (χ3v) is 3.37. The zero-order chi connectivity index (χ0) is 17.4. The maximum Gasteiger partial charge on any atom is 0.338 e. The number of carbonyl (C=O) groups excluding carboxylic acids is 2. The number of esters is 1. The van der Waals surface area contributed by atoms with Gasteiger partial charge in [0.25, 0.3) is 5.91 Å². The molecule has 0 saturated carbocycles. The standard InChI is InChI=1S/C18H18ClNO4/c1-2-23-10-11-24-18(22)13-6-8-16(9-7-13)20-17(21)14-4-3-5-15(19)12-14/h3-9,12H,2,10-11H2,1H3,(H,20,21). The summed E-state index contributed by atoms with van der Waals surface area (Å²) in [4.78, 5) is 23.9. The van der Waals surface area contributed by atoms with Gasteiger partial charge in [-0.3, -0.25) is 4.79 Å². The smallest absolute Gasteiger partial charge is 0.338 e. The zero-order valence-electron chi connectivity index (χ0n) is 13.3. The van der Waals surface area contributed by atoms with Gasteiger partial charge in [-0.2, -0.15) is 0 Å². The molecule has 2 aromatic rings. The van der Waals surface area contributed by atoms with Gasteiger partial charge in [-0.1, -0.05) is 17.7 Å². The molecule has 0 heterocycles. The Morgan fingerprint density at radius 2 is 1.79 bits per heavy atom. The van der Waals surface area contributed by atoms with E-state index in [1.807, 2.05) is 6.92 Å². The fraction of sp³-hybridized carbons (Fsp3) is 0.222. The van der Waals surface area contributed by atoms with Gasteiger partial charge in [-0.15, -0.1) is 0 Å². The van der Waals surface area contributed by atoms with Gasteiger partial charge in [0.1, 0.15) is 6.61 Å². The van der Waals surface area contributed by atoms with Crippen LogP contribution in [0.5, 0.6) is 0 Å². The third kappa shape index (κ3) is 5.37. The molecule has 2 rings (SSSR count). The Labute approximate surface area is 145 Å². The number of rotatable bonds is 7. The molecule has 24 heavy (non-hydrogen) atoms. The summed E-state index contributed by atoms with van der Waals surface area (Å²) in [7, 11) is 0. The van der Waals surface area contributed by atoms with Crippen molar-refractivity contribution in [1.82, 2.24) is 0 Å². The van der Waals surface area contributed by atoms with Crippen LogP contribution in [0.2, 0.25) is 5.02 Å². The molecule has 0 spiro atoms. The molecule has 1 N–H and O–H groups in total. The largest absolute Gasteiger partial charge is 0.460 e. The molecule has 6 heteroatoms. The van der Waals surface area contributed by atoms with Crippen LogP contribution in [-0.4, -0.2) is 31.7 Å². The van der Waals surface area contributed by atoms with Gasteiger partial charge in [-0.25, -0.2) is 4.79 Å². The number of benzene rings is 2. The van der Waals surface area contributed by atoms with Crippen LogP contribution in [0.15, 0.2) is 48.5 Å². The number of ether oxygens (including phenoxy) is 2. The Bertz CT molecular complexity index is 700. The van der Waals surface area contributed by atoms with Crippen molar-refractivity contribution in [2.24, 2.45) is 0 Å². The fourth-order valence-electron chi connectivity index (χ4n) is 1.94. The normalized spacial score (nSPS) is 10.2. The van der Waals surface area contributed by atoms with Crippen molar-refractivity contribution >= 4 is 29.2 Å². The van der Waals surface area contributed by atoms with Crippen molar-refractivity contribution in [3.63, 3.8) is 0 Å². The van der Waals surface area contributed by atoms with Gasteiger partial charge < -0.3 is 14.8 Å². The van der Waals surface area contributed by atoms with Gasteiger partial charge in [-0.05, 0) is 49.4 Å². The average molecular weight is 348 g/mol. The van der Waals surface area contributed by atoms with Gasteiger partial charge in [0, 0.05) is 22.9 Å². The van der Waals surface area contributed by atoms with Crippen molar-refractivity contribution < 1.29 is 19.1 Å². The van der Waals surface area contributed by atoms with E-state index in [1.54, 1.807) is 48.5 Å². The quantitative estimate of drug-likeness (QED) is 0.611. The number of anilines is 1. The Kier molecular flexibility index (Phi) is 6.78. The predicted molar refractivity (Wildman–Crippen MR) is 92.6 cm³/mol. The molecular weight excluding hydrogens is 330 g/mol. The second-order valence-corrected chi connectivity index (χ2v) is 5.31. The monoisotopic (exact) mass is 347 g/mol. The van der Waals surface area contributed by atoms with Gasteiger partial charge in [0.15, 0.2) is 0 Å². The van der Waals surface area contributed by atoms with E-state index in [2.05, 4.69) is 5.32 Å². The summed E-state index contributed by atoms with van der Waals surface area (Å²) < 4.78 is 10.2. The van der Waals surface area contributed by atoms with E-state index < -0.39 is 5.97 Å². The molecule has 1 amide bonds. The van der Waals surface area contributed by atoms with E-state index in [1.165, 1.54) is 0 Å². The molecule has 0 bridgehead atoms. The SMILES string of the molecule is CCOCCOC(=O)c1ccc(NC(=O)c2cccc(Cl)c2)cc1. The van der Waals surface area contributed by atoms with Crippen molar-refractivity contribution in [3.8, 4) is 0 Å². The van der Waals surface area contributed by atoms with E-state index in [-0.39, 0.29) is 12.5 Å². The van der Waals surface area contributed by atoms with Crippen LogP contribution < -0.4 is 5.32 Å². The van der Waals surface area contributed by atoms with Crippen LogP contribution in [0.25, 0.3) is 0 Å². The van der Waals surface area contributed by atoms with Gasteiger partial charge in [0.2, 0.25) is 0 Å². The summed E-state index contributed by atoms with van der Waals surface area (Å²) in [6.45, 7) is 3.03. The molecule has 2 aromatic carbocycles. The zero-order valence-corrected chi connectivity index (χ0v) is 14.0. The maximum absolute atomic E-state index is 12.1. The molecular formula is C18H18ClNO4. The lowest BCUT2D eigenvalue weighted by Gasteiger charge is -2.07. The molecule has 0 unspecified atom stereocenters. The lowest BCUT2D eigenvalue weighted by molar-refractivity contribution is 0.0335. The minimum atomic E-state index is -0.428. The third-order valence-electron chi connectivity index (χ3n) is 3.13. The molecule has 0 radical (unpaired) electrons. The second-order valence-electron chi connectivity index (χ2n) is 4.87. The number of halogens is 1. The van der Waals surface area contributed by atoms with Crippen molar-refractivity contribution in [2.75, 3.05) is 25.1 Å². The lowest BCUT2D eigenvalue weighted by atomic mass is 10.2. The van der Waals surface area contributed by atoms with Crippen molar-refractivity contribution in [1.29, 1.82) is 0 Å². The summed E-state index contributed by atoms with van der Waals surface area (Å²) in [5, 5.41) is 3.24. The molecule has 0 aliphatic rings. The Morgan fingerprint density at radius 3 is 2.46 bits per heavy atom. The first-order chi connectivity index (χ1) is 11.6. The van der Waals surface area contributed by atoms with Crippen LogP contribution >= 0.6 is 11.6 Å². The van der Waals surface area contributed by atoms with Crippen molar-refractivity contribution in [2.45, 2.75) is 6.92 Å². The maximum atomic E-state index is 12.1. The molecule has 0 fully saturated rings. The van der Waals surface area contributed by atoms with Crippen LogP contribution in [-0.2, 0) is 9.47 Å². The Balaban J connectivity index is 1.92. The highest BCUT2D eigenvalue weighted by atomic mass is 35.5. The summed E-state index contributed by atoms with van der Waals surface area (Å²) >= 11 is 5.87. The molecule has 0 saturated heterocycles. The summed E-state index contributed by atoms with van der Waals surface area (Å²) in [5.41, 5.74) is 1.44. The van der Waals surface area contributed by atoms with Crippen LogP contribution in [0.3, 0.4) is 0 Å². The summed E-state index contributed by atoms with van der Waals surface area (Å²) in [6, 6.07) is 13.1. The van der Waals surface area contributed by atoms with Crippen LogP contribution in [0.1, 0.15) is 27.6 Å². The minimum Gasteiger partial charge on any atom is -0.460 e.